The molecule has 12 heteroatoms. The number of nitrogens with one attached hydrogen (secondary N) is 1. The fraction of sp³-hybridized carbons (Fsp3) is 0.429. The van der Waals surface area contributed by atoms with Gasteiger partial charge in [-0.1, -0.05) is 0 Å². The molecule has 1 saturated carbocycles. The van der Waals surface area contributed by atoms with Gasteiger partial charge in [-0.3, -0.25) is 9.59 Å². The molecule has 214 valence electrons. The first kappa shape index (κ1) is 27.9. The van der Waals surface area contributed by atoms with Crippen molar-refractivity contribution < 1.29 is 48.6 Å². The Morgan fingerprint density at radius 3 is 2.33 bits per heavy atom. The van der Waals surface area contributed by atoms with Crippen LogP contribution in [0.2, 0.25) is 0 Å². The Hall–Kier alpha value is -3.68. The van der Waals surface area contributed by atoms with E-state index in [0.717, 1.165) is 12.8 Å². The Balaban J connectivity index is 1.62. The highest BCUT2D eigenvalue weighted by Crippen LogP contribution is 2.43. The molecule has 2 fully saturated rings. The summed E-state index contributed by atoms with van der Waals surface area (Å²) in [5.41, 5.74) is 0.313. The first-order chi connectivity index (χ1) is 19.2. The first-order valence-electron chi connectivity index (χ1n) is 12.7. The van der Waals surface area contributed by atoms with Crippen LogP contribution in [-0.2, 0) is 16.1 Å². The van der Waals surface area contributed by atoms with E-state index in [1.54, 1.807) is 18.2 Å². The molecular weight excluding hydrogens is 526 g/mol. The lowest BCUT2D eigenvalue weighted by Gasteiger charge is -2.41. The van der Waals surface area contributed by atoms with Gasteiger partial charge in [-0.25, -0.2) is 0 Å². The number of ether oxygens (including phenoxy) is 4. The molecule has 1 aromatic heterocycles. The van der Waals surface area contributed by atoms with Gasteiger partial charge in [0, 0.05) is 23.2 Å². The molecule has 40 heavy (non-hydrogen) atoms. The molecular formula is C28H31NO11. The number of hydrogen-bond donors (Lipinski definition) is 5. The number of amides is 1. The summed E-state index contributed by atoms with van der Waals surface area (Å²) in [6.45, 7) is -0.587. The molecule has 2 heterocycles. The van der Waals surface area contributed by atoms with Crippen molar-refractivity contribution in [2.75, 3.05) is 21.3 Å². The quantitative estimate of drug-likeness (QED) is 0.264. The molecule has 1 aliphatic heterocycles. The summed E-state index contributed by atoms with van der Waals surface area (Å²) in [5, 5.41) is 45.0. The lowest BCUT2D eigenvalue weighted by atomic mass is 9.87. The van der Waals surface area contributed by atoms with Crippen LogP contribution in [0, 0.1) is 0 Å². The molecule has 5 N–H and O–H groups in total. The van der Waals surface area contributed by atoms with Gasteiger partial charge in [-0.05, 0) is 42.7 Å². The smallest absolute Gasteiger partial charge is 0.252 e. The predicted octanol–water partition coefficient (Wildman–Crippen LogP) is 0.779. The third-order valence-electron chi connectivity index (χ3n) is 7.22. The van der Waals surface area contributed by atoms with Crippen molar-refractivity contribution in [2.24, 2.45) is 0 Å². The molecule has 5 rings (SSSR count). The van der Waals surface area contributed by atoms with E-state index in [2.05, 4.69) is 5.32 Å². The van der Waals surface area contributed by atoms with Crippen LogP contribution in [-0.4, -0.2) is 78.1 Å². The molecule has 2 aromatic carbocycles. The Labute approximate surface area is 228 Å². The van der Waals surface area contributed by atoms with E-state index < -0.39 is 48.5 Å². The van der Waals surface area contributed by atoms with Gasteiger partial charge in [-0.15, -0.1) is 0 Å². The molecule has 5 unspecified atom stereocenters. The summed E-state index contributed by atoms with van der Waals surface area (Å²) in [4.78, 5) is 26.2. The number of aliphatic hydroxyl groups excluding tert-OH is 4. The summed E-state index contributed by atoms with van der Waals surface area (Å²) >= 11 is 0. The fourth-order valence-electron chi connectivity index (χ4n) is 4.99. The minimum atomic E-state index is -1.76. The van der Waals surface area contributed by atoms with Gasteiger partial charge >= 0.3 is 0 Å². The number of carbonyl (C=O) groups excluding carboxylic acids is 1. The number of methoxy groups -OCH3 is 3. The van der Waals surface area contributed by atoms with Crippen molar-refractivity contribution in [1.29, 1.82) is 0 Å². The Morgan fingerprint density at radius 2 is 1.70 bits per heavy atom. The maximum absolute atomic E-state index is 13.4. The van der Waals surface area contributed by atoms with Crippen LogP contribution in [0.25, 0.3) is 22.3 Å². The van der Waals surface area contributed by atoms with Crippen molar-refractivity contribution in [1.82, 2.24) is 5.32 Å². The normalized spacial score (nSPS) is 24.5. The van der Waals surface area contributed by atoms with E-state index in [4.69, 9.17) is 23.4 Å². The third kappa shape index (κ3) is 4.88. The number of benzene rings is 2. The van der Waals surface area contributed by atoms with Gasteiger partial charge in [0.15, 0.2) is 23.0 Å². The van der Waals surface area contributed by atoms with Crippen LogP contribution in [0.3, 0.4) is 0 Å². The molecule has 1 aliphatic carbocycles. The molecule has 3 aromatic rings. The van der Waals surface area contributed by atoms with Gasteiger partial charge in [0.05, 0.1) is 27.9 Å². The van der Waals surface area contributed by atoms with Crippen molar-refractivity contribution in [3.05, 3.63) is 51.7 Å². The number of hydrogen-bond acceptors (Lipinski definition) is 11. The Morgan fingerprint density at radius 1 is 0.975 bits per heavy atom. The van der Waals surface area contributed by atoms with Gasteiger partial charge in [0.1, 0.15) is 46.9 Å². The minimum absolute atomic E-state index is 0.00526. The Bertz CT molecular complexity index is 1480. The van der Waals surface area contributed by atoms with Crippen LogP contribution in [0.1, 0.15) is 30.1 Å². The summed E-state index contributed by atoms with van der Waals surface area (Å²) in [6.07, 6.45) is -6.55. The van der Waals surface area contributed by atoms with E-state index >= 15 is 0 Å². The van der Waals surface area contributed by atoms with E-state index in [0.29, 0.717) is 17.1 Å². The number of fused-ring (bicyclic) bond motifs is 1. The maximum atomic E-state index is 13.4. The molecule has 0 radical (unpaired) electrons. The van der Waals surface area contributed by atoms with Crippen LogP contribution >= 0.6 is 0 Å². The van der Waals surface area contributed by atoms with Crippen molar-refractivity contribution in [3.63, 3.8) is 0 Å². The molecule has 12 nitrogen and oxygen atoms in total. The minimum Gasteiger partial charge on any atom is -0.495 e. The van der Waals surface area contributed by atoms with Gasteiger partial charge < -0.3 is 49.1 Å². The summed E-state index contributed by atoms with van der Waals surface area (Å²) in [6, 6.07) is 7.63. The molecule has 0 spiro atoms. The van der Waals surface area contributed by atoms with E-state index in [1.165, 1.54) is 33.5 Å². The second-order valence-corrected chi connectivity index (χ2v) is 9.79. The van der Waals surface area contributed by atoms with Crippen molar-refractivity contribution in [3.8, 4) is 28.6 Å². The summed E-state index contributed by atoms with van der Waals surface area (Å²) in [7, 11) is 4.27. The van der Waals surface area contributed by atoms with Crippen molar-refractivity contribution >= 4 is 16.9 Å². The van der Waals surface area contributed by atoms with E-state index in [9.17, 15) is 30.0 Å². The van der Waals surface area contributed by atoms with E-state index in [-0.39, 0.29) is 39.6 Å². The van der Waals surface area contributed by atoms with E-state index in [1.807, 2.05) is 0 Å². The van der Waals surface area contributed by atoms with Crippen LogP contribution < -0.4 is 25.0 Å². The first-order valence-corrected chi connectivity index (χ1v) is 12.7. The van der Waals surface area contributed by atoms with Gasteiger partial charge in [0.2, 0.25) is 0 Å². The topological polar surface area (TPSA) is 177 Å². The number of rotatable bonds is 8. The number of carbonyl (C=O) groups is 1. The average molecular weight is 558 g/mol. The zero-order valence-corrected chi connectivity index (χ0v) is 22.1. The van der Waals surface area contributed by atoms with Gasteiger partial charge in [0.25, 0.3) is 5.91 Å². The third-order valence-corrected chi connectivity index (χ3v) is 7.22. The van der Waals surface area contributed by atoms with Crippen molar-refractivity contribution in [2.45, 2.75) is 56.0 Å². The molecule has 1 amide bonds. The highest BCUT2D eigenvalue weighted by molar-refractivity contribution is 5.88. The highest BCUT2D eigenvalue weighted by atomic mass is 16.5. The maximum Gasteiger partial charge on any atom is 0.252 e. The Kier molecular flexibility index (Phi) is 7.71. The highest BCUT2D eigenvalue weighted by Gasteiger charge is 2.49. The average Bonchev–Trinajstić information content (AvgIpc) is 3.78. The lowest BCUT2D eigenvalue weighted by molar-refractivity contribution is -0.223. The van der Waals surface area contributed by atoms with Crippen LogP contribution in [0.15, 0.2) is 39.5 Å². The standard InChI is InChI=1S/C28H31NO11/c1-36-16-7-4-12(8-18(16)37-2)17-10-15(31)21-19(39-17)9-13(11-30)20(25(21)38-3)26-23(33)22(32)24(34)27(40-26)28(35)29-14-5-6-14/h4,7-10,14,22-24,26-27,30,32-34H,5-6,11H2,1-3H3,(H,29,35). The zero-order valence-electron chi connectivity index (χ0n) is 22.1. The molecule has 2 aliphatic rings. The van der Waals surface area contributed by atoms with Crippen LogP contribution in [0.4, 0.5) is 0 Å². The lowest BCUT2D eigenvalue weighted by Crippen LogP contribution is -2.59. The molecule has 0 bridgehead atoms. The predicted molar refractivity (Wildman–Crippen MR) is 140 cm³/mol. The molecule has 1 saturated heterocycles. The second kappa shape index (κ2) is 11.1. The molecule has 5 atom stereocenters. The fourth-order valence-corrected chi connectivity index (χ4v) is 4.99. The summed E-state index contributed by atoms with van der Waals surface area (Å²) in [5.74, 6) is 0.418. The summed E-state index contributed by atoms with van der Waals surface area (Å²) < 4.78 is 28.1. The SMILES string of the molecule is COc1ccc(-c2cc(=O)c3c(OC)c(C4OC(C(=O)NC5CC5)C(O)C(O)C4O)c(CO)cc3o2)cc1OC. The monoisotopic (exact) mass is 557 g/mol. The van der Waals surface area contributed by atoms with Crippen LogP contribution in [0.5, 0.6) is 17.2 Å². The second-order valence-electron chi connectivity index (χ2n) is 9.79. The van der Waals surface area contributed by atoms with Gasteiger partial charge in [-0.2, -0.15) is 0 Å². The zero-order chi connectivity index (χ0) is 28.7. The largest absolute Gasteiger partial charge is 0.495 e. The number of aliphatic hydroxyl groups is 4.